The van der Waals surface area contributed by atoms with E-state index < -0.39 is 12.2 Å². The predicted molar refractivity (Wildman–Crippen MR) is 127 cm³/mol. The number of fused-ring (bicyclic) bond motifs is 1. The van der Waals surface area contributed by atoms with Crippen molar-refractivity contribution in [2.75, 3.05) is 29.9 Å². The van der Waals surface area contributed by atoms with Crippen LogP contribution in [0.5, 0.6) is 0 Å². The fraction of sp³-hybridized carbons (Fsp3) is 0.292. The summed E-state index contributed by atoms with van der Waals surface area (Å²) < 4.78 is 7.38. The second kappa shape index (κ2) is 9.05. The highest BCUT2D eigenvalue weighted by atomic mass is 16.5. The van der Waals surface area contributed by atoms with Gasteiger partial charge in [0.05, 0.1) is 42.1 Å². The molecule has 172 valence electrons. The van der Waals surface area contributed by atoms with Crippen molar-refractivity contribution in [1.82, 2.24) is 24.7 Å². The molecule has 0 aliphatic carbocycles. The molecule has 2 N–H and O–H groups in total. The van der Waals surface area contributed by atoms with E-state index in [-0.39, 0.29) is 0 Å². The number of ether oxygens (including phenoxy) is 1. The lowest BCUT2D eigenvalue weighted by molar-refractivity contribution is 0.0758. The van der Waals surface area contributed by atoms with Crippen molar-refractivity contribution in [3.63, 3.8) is 0 Å². The molecule has 4 aromatic rings. The molecule has 4 heterocycles. The van der Waals surface area contributed by atoms with Crippen LogP contribution in [0, 0.1) is 18.3 Å². The van der Waals surface area contributed by atoms with E-state index in [4.69, 9.17) is 9.72 Å². The minimum atomic E-state index is -0.696. The van der Waals surface area contributed by atoms with Crippen LogP contribution in [0.25, 0.3) is 16.9 Å². The summed E-state index contributed by atoms with van der Waals surface area (Å²) in [5.74, 6) is 1.98. The Labute approximate surface area is 196 Å². The summed E-state index contributed by atoms with van der Waals surface area (Å²) in [5.41, 5.74) is 4.10. The third-order valence-corrected chi connectivity index (χ3v) is 5.72. The molecule has 0 amide bonds. The Kier molecular flexibility index (Phi) is 5.79. The number of hydrogen-bond donors (Lipinski definition) is 2. The second-order valence-corrected chi connectivity index (χ2v) is 8.20. The fourth-order valence-corrected chi connectivity index (χ4v) is 3.97. The molecule has 34 heavy (non-hydrogen) atoms. The Morgan fingerprint density at radius 3 is 2.85 bits per heavy atom. The van der Waals surface area contributed by atoms with E-state index in [9.17, 15) is 10.4 Å². The molecule has 10 nitrogen and oxygen atoms in total. The Hall–Kier alpha value is -4.07. The highest BCUT2D eigenvalue weighted by molar-refractivity contribution is 5.82. The van der Waals surface area contributed by atoms with Gasteiger partial charge >= 0.3 is 0 Å². The summed E-state index contributed by atoms with van der Waals surface area (Å²) >= 11 is 0. The van der Waals surface area contributed by atoms with Crippen LogP contribution in [0.2, 0.25) is 0 Å². The molecule has 0 saturated carbocycles. The number of nitriles is 1. The SMILES string of the molecule is Cc1ccc(Nc2ccc3c(c2)ncn3-c2ccc(C(C)O)c(N3CCOC(C#N)C3)n2)nn1. The van der Waals surface area contributed by atoms with Crippen LogP contribution in [0.4, 0.5) is 17.3 Å². The summed E-state index contributed by atoms with van der Waals surface area (Å²) in [7, 11) is 0. The summed E-state index contributed by atoms with van der Waals surface area (Å²) in [4.78, 5) is 11.4. The molecule has 1 aromatic carbocycles. The van der Waals surface area contributed by atoms with Gasteiger partial charge in [-0.25, -0.2) is 9.97 Å². The highest BCUT2D eigenvalue weighted by Crippen LogP contribution is 2.29. The van der Waals surface area contributed by atoms with Gasteiger partial charge in [0.15, 0.2) is 11.9 Å². The zero-order valence-corrected chi connectivity index (χ0v) is 18.9. The van der Waals surface area contributed by atoms with Crippen molar-refractivity contribution in [3.8, 4) is 11.9 Å². The van der Waals surface area contributed by atoms with Crippen LogP contribution in [0.3, 0.4) is 0 Å². The van der Waals surface area contributed by atoms with Gasteiger partial charge in [0.25, 0.3) is 0 Å². The zero-order valence-electron chi connectivity index (χ0n) is 18.9. The maximum atomic E-state index is 10.3. The van der Waals surface area contributed by atoms with E-state index in [0.717, 1.165) is 22.4 Å². The number of aromatic nitrogens is 5. The van der Waals surface area contributed by atoms with Gasteiger partial charge in [-0.3, -0.25) is 4.57 Å². The van der Waals surface area contributed by atoms with Crippen LogP contribution < -0.4 is 10.2 Å². The Morgan fingerprint density at radius 1 is 1.21 bits per heavy atom. The molecule has 1 saturated heterocycles. The van der Waals surface area contributed by atoms with Gasteiger partial charge in [-0.05, 0) is 56.3 Å². The van der Waals surface area contributed by atoms with Gasteiger partial charge in [-0.15, -0.1) is 5.10 Å². The van der Waals surface area contributed by atoms with Crippen molar-refractivity contribution in [1.29, 1.82) is 5.26 Å². The molecular weight excluding hydrogens is 432 g/mol. The van der Waals surface area contributed by atoms with Crippen LogP contribution in [-0.2, 0) is 4.74 Å². The van der Waals surface area contributed by atoms with E-state index in [1.807, 2.05) is 58.9 Å². The van der Waals surface area contributed by atoms with E-state index in [2.05, 4.69) is 26.6 Å². The van der Waals surface area contributed by atoms with Crippen LogP contribution in [0.1, 0.15) is 24.3 Å². The summed E-state index contributed by atoms with van der Waals surface area (Å²) in [6.07, 6.45) is 0.503. The maximum Gasteiger partial charge on any atom is 0.161 e. The number of pyridine rings is 1. The van der Waals surface area contributed by atoms with Crippen molar-refractivity contribution < 1.29 is 9.84 Å². The summed E-state index contributed by atoms with van der Waals surface area (Å²) in [6, 6.07) is 15.5. The first kappa shape index (κ1) is 21.8. The van der Waals surface area contributed by atoms with Crippen molar-refractivity contribution in [3.05, 3.63) is 60.0 Å². The number of aliphatic hydroxyl groups excluding tert-OH is 1. The fourth-order valence-electron chi connectivity index (χ4n) is 3.97. The largest absolute Gasteiger partial charge is 0.389 e. The Bertz CT molecular complexity index is 1360. The number of aryl methyl sites for hydroxylation is 1. The number of nitrogens with one attached hydrogen (secondary N) is 1. The van der Waals surface area contributed by atoms with Gasteiger partial charge in [-0.2, -0.15) is 10.4 Å². The van der Waals surface area contributed by atoms with Gasteiger partial charge in [0.1, 0.15) is 18.0 Å². The molecule has 0 bridgehead atoms. The van der Waals surface area contributed by atoms with E-state index in [1.165, 1.54) is 0 Å². The molecule has 1 aliphatic rings. The molecule has 2 atom stereocenters. The van der Waals surface area contributed by atoms with Crippen LogP contribution in [0.15, 0.2) is 48.8 Å². The van der Waals surface area contributed by atoms with E-state index in [0.29, 0.717) is 42.7 Å². The molecule has 1 fully saturated rings. The predicted octanol–water partition coefficient (Wildman–Crippen LogP) is 3.04. The first-order valence-corrected chi connectivity index (χ1v) is 11.0. The number of rotatable bonds is 5. The molecule has 5 rings (SSSR count). The average Bonchev–Trinajstić information content (AvgIpc) is 3.28. The minimum Gasteiger partial charge on any atom is -0.389 e. The first-order valence-electron chi connectivity index (χ1n) is 11.0. The number of imidazole rings is 1. The lowest BCUT2D eigenvalue weighted by Gasteiger charge is -2.32. The van der Waals surface area contributed by atoms with Crippen molar-refractivity contribution in [2.24, 2.45) is 0 Å². The zero-order chi connectivity index (χ0) is 23.7. The third-order valence-electron chi connectivity index (χ3n) is 5.72. The second-order valence-electron chi connectivity index (χ2n) is 8.20. The highest BCUT2D eigenvalue weighted by Gasteiger charge is 2.25. The standard InChI is InChI=1S/C24H24N8O2/c1-15-3-7-22(30-29-15)27-17-4-6-21-20(11-17)26-14-32(21)23-8-5-19(16(2)33)24(28-23)31-9-10-34-18(12-25)13-31/h3-8,11,14,16,18,33H,9-10,13H2,1-2H3,(H,27,30). The summed E-state index contributed by atoms with van der Waals surface area (Å²) in [6.45, 7) is 5.02. The average molecular weight is 457 g/mol. The van der Waals surface area contributed by atoms with Gasteiger partial charge in [0, 0.05) is 17.8 Å². The number of morpholine rings is 1. The van der Waals surface area contributed by atoms with Crippen molar-refractivity contribution >= 4 is 28.4 Å². The quantitative estimate of drug-likeness (QED) is 0.466. The van der Waals surface area contributed by atoms with Gasteiger partial charge in [0.2, 0.25) is 0 Å². The maximum absolute atomic E-state index is 10.3. The van der Waals surface area contributed by atoms with Gasteiger partial charge in [-0.1, -0.05) is 0 Å². The number of nitrogens with zero attached hydrogens (tertiary/aromatic N) is 7. The van der Waals surface area contributed by atoms with Gasteiger partial charge < -0.3 is 20.1 Å². The molecular formula is C24H24N8O2. The molecule has 10 heteroatoms. The first-order chi connectivity index (χ1) is 16.5. The Morgan fingerprint density at radius 2 is 2.09 bits per heavy atom. The summed E-state index contributed by atoms with van der Waals surface area (Å²) in [5, 5.41) is 31.1. The van der Waals surface area contributed by atoms with Crippen LogP contribution in [-0.4, -0.2) is 55.6 Å². The molecule has 1 aliphatic heterocycles. The number of aliphatic hydroxyl groups is 1. The number of benzene rings is 1. The molecule has 0 radical (unpaired) electrons. The van der Waals surface area contributed by atoms with Crippen molar-refractivity contribution in [2.45, 2.75) is 26.1 Å². The molecule has 2 unspecified atom stereocenters. The van der Waals surface area contributed by atoms with E-state index in [1.54, 1.807) is 13.3 Å². The smallest absolute Gasteiger partial charge is 0.161 e. The molecule has 0 spiro atoms. The molecule has 3 aromatic heterocycles. The monoisotopic (exact) mass is 456 g/mol. The normalized spacial score (nSPS) is 16.9. The number of anilines is 3. The lowest BCUT2D eigenvalue weighted by atomic mass is 10.1. The third kappa shape index (κ3) is 4.26. The Balaban J connectivity index is 1.48. The van der Waals surface area contributed by atoms with Crippen LogP contribution >= 0.6 is 0 Å². The number of hydrogen-bond acceptors (Lipinski definition) is 9. The topological polar surface area (TPSA) is 125 Å². The lowest BCUT2D eigenvalue weighted by Crippen LogP contribution is -2.42. The van der Waals surface area contributed by atoms with E-state index >= 15 is 0 Å². The minimum absolute atomic E-state index is 0.397.